The predicted octanol–water partition coefficient (Wildman–Crippen LogP) is 2.54. The van der Waals surface area contributed by atoms with E-state index in [2.05, 4.69) is 0 Å². The summed E-state index contributed by atoms with van der Waals surface area (Å²) in [5.74, 6) is 1.42. The van der Waals surface area contributed by atoms with Crippen molar-refractivity contribution in [3.63, 3.8) is 0 Å². The Morgan fingerprint density at radius 3 is 2.45 bits per heavy atom. The number of rotatable bonds is 5. The van der Waals surface area contributed by atoms with Crippen LogP contribution in [0.2, 0.25) is 0 Å². The molecule has 0 amide bonds. The van der Waals surface area contributed by atoms with Gasteiger partial charge in [0.1, 0.15) is 17.2 Å². The van der Waals surface area contributed by atoms with Crippen molar-refractivity contribution >= 4 is 21.2 Å². The third-order valence-electron chi connectivity index (χ3n) is 3.17. The van der Waals surface area contributed by atoms with Crippen LogP contribution in [0.5, 0.6) is 0 Å². The minimum Gasteiger partial charge on any atom is -0.464 e. The number of sulfone groups is 1. The van der Waals surface area contributed by atoms with Gasteiger partial charge in [-0.2, -0.15) is 0 Å². The largest absolute Gasteiger partial charge is 0.464 e. The van der Waals surface area contributed by atoms with Crippen molar-refractivity contribution in [2.75, 3.05) is 18.2 Å². The standard InChI is InChI=1S/C14H16N2O5S/c1-10-4-5-11(21-10)9-15(2)13-7-6-12(22(3,19)20)8-14(13)16(17)18/h4-8H,9H2,1-3H3. The zero-order chi connectivity index (χ0) is 16.5. The van der Waals surface area contributed by atoms with E-state index >= 15 is 0 Å². The molecule has 0 aliphatic rings. The van der Waals surface area contributed by atoms with Gasteiger partial charge in [0.05, 0.1) is 16.4 Å². The van der Waals surface area contributed by atoms with Gasteiger partial charge in [0.25, 0.3) is 5.69 Å². The molecule has 0 bridgehead atoms. The Kier molecular flexibility index (Phi) is 4.23. The van der Waals surface area contributed by atoms with Crippen molar-refractivity contribution in [3.8, 4) is 0 Å². The van der Waals surface area contributed by atoms with Crippen LogP contribution in [0.15, 0.2) is 39.6 Å². The molecule has 7 nitrogen and oxygen atoms in total. The summed E-state index contributed by atoms with van der Waals surface area (Å²) in [5.41, 5.74) is 0.0696. The normalized spacial score (nSPS) is 11.4. The average Bonchev–Trinajstić information content (AvgIpc) is 2.82. The molecule has 0 aliphatic carbocycles. The SMILES string of the molecule is Cc1ccc(CN(C)c2ccc(S(C)(=O)=O)cc2[N+](=O)[O-])o1. The molecule has 0 unspecified atom stereocenters. The number of anilines is 1. The maximum absolute atomic E-state index is 11.5. The van der Waals surface area contributed by atoms with Crippen molar-refractivity contribution < 1.29 is 17.8 Å². The Morgan fingerprint density at radius 2 is 1.95 bits per heavy atom. The molecule has 0 atom stereocenters. The first-order valence-electron chi connectivity index (χ1n) is 6.43. The fourth-order valence-electron chi connectivity index (χ4n) is 2.09. The van der Waals surface area contributed by atoms with E-state index in [-0.39, 0.29) is 10.6 Å². The molecule has 118 valence electrons. The van der Waals surface area contributed by atoms with Crippen LogP contribution in [0.25, 0.3) is 0 Å². The highest BCUT2D eigenvalue weighted by atomic mass is 32.2. The van der Waals surface area contributed by atoms with Gasteiger partial charge in [-0.1, -0.05) is 0 Å². The first-order chi connectivity index (χ1) is 10.2. The molecule has 0 N–H and O–H groups in total. The molecule has 0 saturated heterocycles. The van der Waals surface area contributed by atoms with Crippen LogP contribution in [0.3, 0.4) is 0 Å². The lowest BCUT2D eigenvalue weighted by molar-refractivity contribution is -0.384. The summed E-state index contributed by atoms with van der Waals surface area (Å²) in [6, 6.07) is 7.48. The van der Waals surface area contributed by atoms with Crippen LogP contribution in [0.4, 0.5) is 11.4 Å². The summed E-state index contributed by atoms with van der Waals surface area (Å²) in [5, 5.41) is 11.2. The van der Waals surface area contributed by atoms with Gasteiger partial charge in [-0.05, 0) is 31.2 Å². The van der Waals surface area contributed by atoms with E-state index < -0.39 is 14.8 Å². The molecule has 1 heterocycles. The molecular formula is C14H16N2O5S. The molecule has 0 fully saturated rings. The van der Waals surface area contributed by atoms with E-state index in [1.807, 2.05) is 13.0 Å². The maximum Gasteiger partial charge on any atom is 0.293 e. The van der Waals surface area contributed by atoms with Gasteiger partial charge in [-0.15, -0.1) is 0 Å². The van der Waals surface area contributed by atoms with Gasteiger partial charge in [0, 0.05) is 19.4 Å². The van der Waals surface area contributed by atoms with Crippen molar-refractivity contribution in [2.45, 2.75) is 18.4 Å². The molecule has 0 radical (unpaired) electrons. The second-order valence-corrected chi connectivity index (χ2v) is 7.06. The Bertz CT molecular complexity index is 810. The lowest BCUT2D eigenvalue weighted by atomic mass is 10.2. The van der Waals surface area contributed by atoms with Crippen molar-refractivity contribution in [3.05, 3.63) is 52.0 Å². The molecule has 0 spiro atoms. The Labute approximate surface area is 128 Å². The lowest BCUT2D eigenvalue weighted by Crippen LogP contribution is -2.17. The smallest absolute Gasteiger partial charge is 0.293 e. The zero-order valence-corrected chi connectivity index (χ0v) is 13.3. The van der Waals surface area contributed by atoms with Crippen molar-refractivity contribution in [1.82, 2.24) is 0 Å². The number of nitrogens with zero attached hydrogens (tertiary/aromatic N) is 2. The first kappa shape index (κ1) is 16.0. The van der Waals surface area contributed by atoms with E-state index in [1.165, 1.54) is 12.1 Å². The Balaban J connectivity index is 2.39. The maximum atomic E-state index is 11.5. The summed E-state index contributed by atoms with van der Waals surface area (Å²) >= 11 is 0. The Hall–Kier alpha value is -2.35. The molecule has 0 aliphatic heterocycles. The first-order valence-corrected chi connectivity index (χ1v) is 8.32. The second kappa shape index (κ2) is 5.80. The molecule has 22 heavy (non-hydrogen) atoms. The van der Waals surface area contributed by atoms with Crippen LogP contribution in [-0.2, 0) is 16.4 Å². The number of nitro benzene ring substituents is 1. The number of hydrogen-bond donors (Lipinski definition) is 0. The van der Waals surface area contributed by atoms with Gasteiger partial charge >= 0.3 is 0 Å². The van der Waals surface area contributed by atoms with Crippen molar-refractivity contribution in [1.29, 1.82) is 0 Å². The summed E-state index contributed by atoms with van der Waals surface area (Å²) in [4.78, 5) is 12.2. The van der Waals surface area contributed by atoms with Crippen LogP contribution in [-0.4, -0.2) is 26.6 Å². The predicted molar refractivity (Wildman–Crippen MR) is 81.8 cm³/mol. The van der Waals surface area contributed by atoms with Gasteiger partial charge in [0.2, 0.25) is 0 Å². The highest BCUT2D eigenvalue weighted by Crippen LogP contribution is 2.31. The zero-order valence-electron chi connectivity index (χ0n) is 12.4. The van der Waals surface area contributed by atoms with E-state index in [0.717, 1.165) is 18.1 Å². The van der Waals surface area contributed by atoms with Gasteiger partial charge in [-0.25, -0.2) is 8.42 Å². The molecule has 2 aromatic rings. The van der Waals surface area contributed by atoms with Gasteiger partial charge in [-0.3, -0.25) is 10.1 Å². The number of furan rings is 1. The second-order valence-electron chi connectivity index (χ2n) is 5.05. The fraction of sp³-hybridized carbons (Fsp3) is 0.286. The van der Waals surface area contributed by atoms with Crippen LogP contribution >= 0.6 is 0 Å². The minimum absolute atomic E-state index is 0.0785. The molecule has 1 aromatic carbocycles. The summed E-state index contributed by atoms with van der Waals surface area (Å²) in [7, 11) is -1.82. The molecule has 1 aromatic heterocycles. The molecule has 2 rings (SSSR count). The van der Waals surface area contributed by atoms with Gasteiger partial charge in [0.15, 0.2) is 9.84 Å². The van der Waals surface area contributed by atoms with Crippen LogP contribution in [0, 0.1) is 17.0 Å². The molecular weight excluding hydrogens is 308 g/mol. The Morgan fingerprint density at radius 1 is 1.27 bits per heavy atom. The van der Waals surface area contributed by atoms with E-state index in [1.54, 1.807) is 18.0 Å². The van der Waals surface area contributed by atoms with Crippen LogP contribution in [0.1, 0.15) is 11.5 Å². The third-order valence-corrected chi connectivity index (χ3v) is 4.28. The number of hydrogen-bond acceptors (Lipinski definition) is 6. The molecule has 0 saturated carbocycles. The lowest BCUT2D eigenvalue weighted by Gasteiger charge is -2.18. The topological polar surface area (TPSA) is 93.7 Å². The average molecular weight is 324 g/mol. The quantitative estimate of drug-likeness (QED) is 0.619. The summed E-state index contributed by atoms with van der Waals surface area (Å²) < 4.78 is 28.5. The summed E-state index contributed by atoms with van der Waals surface area (Å²) in [6.07, 6.45) is 1.01. The molecule has 8 heteroatoms. The number of aryl methyl sites for hydroxylation is 1. The highest BCUT2D eigenvalue weighted by Gasteiger charge is 2.21. The van der Waals surface area contributed by atoms with E-state index in [0.29, 0.717) is 18.0 Å². The number of nitro groups is 1. The summed E-state index contributed by atoms with van der Waals surface area (Å²) in [6.45, 7) is 2.15. The minimum atomic E-state index is -3.50. The van der Waals surface area contributed by atoms with Crippen molar-refractivity contribution in [2.24, 2.45) is 0 Å². The van der Waals surface area contributed by atoms with E-state index in [4.69, 9.17) is 4.42 Å². The highest BCUT2D eigenvalue weighted by molar-refractivity contribution is 7.90. The van der Waals surface area contributed by atoms with E-state index in [9.17, 15) is 18.5 Å². The van der Waals surface area contributed by atoms with Gasteiger partial charge < -0.3 is 9.32 Å². The fourth-order valence-corrected chi connectivity index (χ4v) is 2.73. The monoisotopic (exact) mass is 324 g/mol. The van der Waals surface area contributed by atoms with Crippen LogP contribution < -0.4 is 4.90 Å². The third kappa shape index (κ3) is 3.45. The number of benzene rings is 1.